The van der Waals surface area contributed by atoms with E-state index >= 15 is 0 Å². The van der Waals surface area contributed by atoms with E-state index in [-0.39, 0.29) is 0 Å². The Hall–Kier alpha value is -4.33. The van der Waals surface area contributed by atoms with E-state index in [4.69, 9.17) is 11.6 Å². The maximum absolute atomic E-state index is 6.19. The Morgan fingerprint density at radius 2 is 1.08 bits per heavy atom. The molecule has 0 atom stereocenters. The summed E-state index contributed by atoms with van der Waals surface area (Å²) < 4.78 is 0. The van der Waals surface area contributed by atoms with Crippen LogP contribution in [-0.4, -0.2) is 0 Å². The number of fused-ring (bicyclic) bond motifs is 2. The number of anilines is 3. The van der Waals surface area contributed by atoms with Crippen LogP contribution in [0.4, 0.5) is 17.1 Å². The average Bonchev–Trinajstić information content (AvgIpc) is 2.95. The SMILES string of the molecule is Cc1cccc(N(c2ccc(Cl)cc2)c2ccc(C=Cc3c4ccccc4c(C)c4ccccc34)cc2)c1. The van der Waals surface area contributed by atoms with Crippen molar-refractivity contribution in [3.05, 3.63) is 149 Å². The molecule has 0 fully saturated rings. The van der Waals surface area contributed by atoms with E-state index in [9.17, 15) is 0 Å². The first-order valence-corrected chi connectivity index (χ1v) is 13.3. The van der Waals surface area contributed by atoms with Crippen molar-refractivity contribution in [2.75, 3.05) is 4.90 Å². The van der Waals surface area contributed by atoms with Crippen molar-refractivity contribution in [1.29, 1.82) is 0 Å². The highest BCUT2D eigenvalue weighted by Gasteiger charge is 2.13. The van der Waals surface area contributed by atoms with Gasteiger partial charge in [0.05, 0.1) is 0 Å². The van der Waals surface area contributed by atoms with Crippen molar-refractivity contribution < 1.29 is 0 Å². The van der Waals surface area contributed by atoms with Crippen LogP contribution >= 0.6 is 11.6 Å². The smallest absolute Gasteiger partial charge is 0.0464 e. The fourth-order valence-electron chi connectivity index (χ4n) is 5.28. The first kappa shape index (κ1) is 24.0. The van der Waals surface area contributed by atoms with Gasteiger partial charge in [0.15, 0.2) is 0 Å². The number of halogens is 1. The van der Waals surface area contributed by atoms with Crippen LogP contribution in [-0.2, 0) is 0 Å². The lowest BCUT2D eigenvalue weighted by atomic mass is 9.92. The molecule has 0 aliphatic heterocycles. The van der Waals surface area contributed by atoms with Crippen LogP contribution in [0.5, 0.6) is 0 Å². The molecule has 1 nitrogen and oxygen atoms in total. The molecule has 6 aromatic rings. The average molecular weight is 510 g/mol. The molecule has 184 valence electrons. The number of benzene rings is 6. The second-order valence-corrected chi connectivity index (χ2v) is 10.1. The topological polar surface area (TPSA) is 3.24 Å². The Labute approximate surface area is 229 Å². The van der Waals surface area contributed by atoms with Gasteiger partial charge in [-0.2, -0.15) is 0 Å². The number of hydrogen-bond acceptors (Lipinski definition) is 1. The van der Waals surface area contributed by atoms with Gasteiger partial charge in [-0.15, -0.1) is 0 Å². The van der Waals surface area contributed by atoms with E-state index in [0.717, 1.165) is 27.6 Å². The molecule has 0 aliphatic rings. The van der Waals surface area contributed by atoms with Gasteiger partial charge in [0.2, 0.25) is 0 Å². The van der Waals surface area contributed by atoms with Crippen molar-refractivity contribution >= 4 is 62.4 Å². The van der Waals surface area contributed by atoms with Crippen LogP contribution in [0.25, 0.3) is 33.7 Å². The van der Waals surface area contributed by atoms with E-state index < -0.39 is 0 Å². The van der Waals surface area contributed by atoms with E-state index in [1.807, 2.05) is 12.1 Å². The van der Waals surface area contributed by atoms with Gasteiger partial charge >= 0.3 is 0 Å². The number of hydrogen-bond donors (Lipinski definition) is 0. The zero-order valence-electron chi connectivity index (χ0n) is 21.5. The third-order valence-electron chi connectivity index (χ3n) is 7.18. The summed E-state index contributed by atoms with van der Waals surface area (Å²) in [6.07, 6.45) is 4.48. The lowest BCUT2D eigenvalue weighted by molar-refractivity contribution is 1.27. The summed E-state index contributed by atoms with van der Waals surface area (Å²) in [5, 5.41) is 5.90. The van der Waals surface area contributed by atoms with Gasteiger partial charge in [-0.25, -0.2) is 0 Å². The third kappa shape index (κ3) is 4.58. The third-order valence-corrected chi connectivity index (χ3v) is 7.43. The zero-order valence-corrected chi connectivity index (χ0v) is 22.3. The van der Waals surface area contributed by atoms with Crippen LogP contribution in [0.1, 0.15) is 22.3 Å². The van der Waals surface area contributed by atoms with Crippen molar-refractivity contribution in [3.63, 3.8) is 0 Å². The molecule has 6 aromatic carbocycles. The van der Waals surface area contributed by atoms with Crippen LogP contribution in [0.3, 0.4) is 0 Å². The highest BCUT2D eigenvalue weighted by molar-refractivity contribution is 6.30. The quantitative estimate of drug-likeness (QED) is 0.165. The summed E-state index contributed by atoms with van der Waals surface area (Å²) in [5.41, 5.74) is 8.25. The molecule has 0 amide bonds. The van der Waals surface area contributed by atoms with Gasteiger partial charge in [0.25, 0.3) is 0 Å². The predicted molar refractivity (Wildman–Crippen MR) is 166 cm³/mol. The second kappa shape index (κ2) is 10.2. The van der Waals surface area contributed by atoms with Gasteiger partial charge in [0.1, 0.15) is 0 Å². The van der Waals surface area contributed by atoms with Gasteiger partial charge in [-0.3, -0.25) is 0 Å². The highest BCUT2D eigenvalue weighted by Crippen LogP contribution is 2.36. The second-order valence-electron chi connectivity index (χ2n) is 9.71. The van der Waals surface area contributed by atoms with Crippen molar-refractivity contribution in [3.8, 4) is 0 Å². The normalized spacial score (nSPS) is 11.4. The fraction of sp³-hybridized carbons (Fsp3) is 0.0556. The summed E-state index contributed by atoms with van der Waals surface area (Å²) in [5.74, 6) is 0. The molecular formula is C36H28ClN. The van der Waals surface area contributed by atoms with Crippen molar-refractivity contribution in [1.82, 2.24) is 0 Å². The van der Waals surface area contributed by atoms with E-state index in [0.29, 0.717) is 0 Å². The van der Waals surface area contributed by atoms with Gasteiger partial charge < -0.3 is 4.90 Å². The minimum absolute atomic E-state index is 0.731. The van der Waals surface area contributed by atoms with Gasteiger partial charge in [0, 0.05) is 22.1 Å². The summed E-state index contributed by atoms with van der Waals surface area (Å²) in [6.45, 7) is 4.34. The molecule has 0 bridgehead atoms. The van der Waals surface area contributed by atoms with Gasteiger partial charge in [-0.05, 0) is 106 Å². The van der Waals surface area contributed by atoms with E-state index in [1.54, 1.807) is 0 Å². The number of aryl methyl sites for hydroxylation is 2. The highest BCUT2D eigenvalue weighted by atomic mass is 35.5. The maximum atomic E-state index is 6.19. The molecular weight excluding hydrogens is 482 g/mol. The van der Waals surface area contributed by atoms with Crippen LogP contribution in [0, 0.1) is 13.8 Å². The minimum atomic E-state index is 0.731. The first-order valence-electron chi connectivity index (χ1n) is 12.9. The summed E-state index contributed by atoms with van der Waals surface area (Å²) in [4.78, 5) is 2.26. The Morgan fingerprint density at radius 3 is 1.66 bits per heavy atom. The number of rotatable bonds is 5. The minimum Gasteiger partial charge on any atom is -0.310 e. The molecule has 0 saturated carbocycles. The first-order chi connectivity index (χ1) is 18.6. The Morgan fingerprint density at radius 1 is 0.526 bits per heavy atom. The molecule has 0 radical (unpaired) electrons. The predicted octanol–water partition coefficient (Wildman–Crippen LogP) is 10.9. The molecule has 0 spiro atoms. The number of nitrogens with zero attached hydrogens (tertiary/aromatic N) is 1. The van der Waals surface area contributed by atoms with Crippen LogP contribution in [0.15, 0.2) is 121 Å². The molecule has 0 saturated heterocycles. The largest absolute Gasteiger partial charge is 0.310 e. The van der Waals surface area contributed by atoms with Crippen molar-refractivity contribution in [2.45, 2.75) is 13.8 Å². The molecule has 2 heteroatoms. The van der Waals surface area contributed by atoms with Gasteiger partial charge in [-0.1, -0.05) is 96.5 Å². The summed E-state index contributed by atoms with van der Waals surface area (Å²) in [6, 6.07) is 42.7. The lowest BCUT2D eigenvalue weighted by Crippen LogP contribution is -2.09. The zero-order chi connectivity index (χ0) is 26.1. The standard InChI is InChI=1S/C36H28ClN/c1-25-8-7-9-31(24-25)38(30-21-17-28(37)18-22-30)29-19-14-27(15-20-29)16-23-36-34-12-5-3-10-32(34)26(2)33-11-4-6-13-35(33)36/h3-24H,1-2H3. The molecule has 38 heavy (non-hydrogen) atoms. The molecule has 0 aliphatic carbocycles. The maximum Gasteiger partial charge on any atom is 0.0464 e. The molecule has 0 N–H and O–H groups in total. The summed E-state index contributed by atoms with van der Waals surface area (Å²) >= 11 is 6.19. The van der Waals surface area contributed by atoms with E-state index in [2.05, 4.69) is 140 Å². The Kier molecular flexibility index (Phi) is 6.45. The molecule has 0 unspecified atom stereocenters. The van der Waals surface area contributed by atoms with Crippen LogP contribution < -0.4 is 4.90 Å². The molecule has 0 heterocycles. The van der Waals surface area contributed by atoms with Crippen LogP contribution in [0.2, 0.25) is 5.02 Å². The monoisotopic (exact) mass is 509 g/mol. The van der Waals surface area contributed by atoms with Crippen molar-refractivity contribution in [2.24, 2.45) is 0 Å². The molecule has 6 rings (SSSR count). The molecule has 0 aromatic heterocycles. The van der Waals surface area contributed by atoms with E-state index in [1.165, 1.54) is 38.2 Å². The fourth-order valence-corrected chi connectivity index (χ4v) is 5.40. The Bertz CT molecular complexity index is 1720. The summed E-state index contributed by atoms with van der Waals surface area (Å²) in [7, 11) is 0. The lowest BCUT2D eigenvalue weighted by Gasteiger charge is -2.26. The Balaban J connectivity index is 1.40.